The van der Waals surface area contributed by atoms with Crippen LogP contribution in [0.1, 0.15) is 59.3 Å². The summed E-state index contributed by atoms with van der Waals surface area (Å²) in [5.74, 6) is 1.61. The van der Waals surface area contributed by atoms with Crippen molar-refractivity contribution in [2.24, 2.45) is 11.8 Å². The van der Waals surface area contributed by atoms with Crippen LogP contribution >= 0.6 is 0 Å². The molecule has 4 atom stereocenters. The molecule has 0 aromatic rings. The van der Waals surface area contributed by atoms with Crippen LogP contribution in [0.15, 0.2) is 0 Å². The number of hydrogen-bond donors (Lipinski definition) is 0. The molecule has 1 saturated carbocycles. The van der Waals surface area contributed by atoms with E-state index in [0.29, 0.717) is 18.1 Å². The molecule has 2 nitrogen and oxygen atoms in total. The first kappa shape index (κ1) is 13.6. The van der Waals surface area contributed by atoms with E-state index in [2.05, 4.69) is 20.8 Å². The Balaban J connectivity index is 1.62. The highest BCUT2D eigenvalue weighted by molar-refractivity contribution is 5.98. The number of ether oxygens (including phenoxy) is 1. The van der Waals surface area contributed by atoms with Crippen LogP contribution in [-0.4, -0.2) is 28.3 Å². The van der Waals surface area contributed by atoms with Gasteiger partial charge in [0.05, 0.1) is 17.8 Å². The number of rotatable bonds is 6. The molecule has 1 aliphatic heterocycles. The van der Waals surface area contributed by atoms with Crippen LogP contribution in [-0.2, 0) is 9.16 Å². The lowest BCUT2D eigenvalue weighted by atomic mass is 9.83. The molecule has 1 heterocycles. The molecule has 2 fully saturated rings. The van der Waals surface area contributed by atoms with Gasteiger partial charge in [0, 0.05) is 0 Å². The lowest BCUT2D eigenvalue weighted by Gasteiger charge is -2.31. The topological polar surface area (TPSA) is 21.8 Å². The van der Waals surface area contributed by atoms with Gasteiger partial charge >= 0.3 is 0 Å². The molecule has 0 amide bonds. The van der Waals surface area contributed by atoms with Gasteiger partial charge in [0.2, 0.25) is 0 Å². The summed E-state index contributed by atoms with van der Waals surface area (Å²) in [6.07, 6.45) is 9.41. The van der Waals surface area contributed by atoms with E-state index in [1.54, 1.807) is 0 Å². The van der Waals surface area contributed by atoms with Gasteiger partial charge in [-0.25, -0.2) is 0 Å². The maximum absolute atomic E-state index is 5.68. The quantitative estimate of drug-likeness (QED) is 0.538. The zero-order chi connectivity index (χ0) is 12.5. The Hall–Kier alpha value is 0.137. The Morgan fingerprint density at radius 1 is 1.35 bits per heavy atom. The summed E-state index contributed by atoms with van der Waals surface area (Å²) in [6.45, 7) is 6.79. The van der Waals surface area contributed by atoms with E-state index in [1.165, 1.54) is 38.5 Å². The third-order valence-electron chi connectivity index (χ3n) is 5.08. The average Bonchev–Trinajstić information content (AvgIpc) is 3.07. The highest BCUT2D eigenvalue weighted by Crippen LogP contribution is 2.41. The Morgan fingerprint density at radius 2 is 2.12 bits per heavy atom. The molecule has 0 aromatic carbocycles. The SMILES string of the molecule is CC(CCCC1CCC2OC2C1)C(C)(C)O[SiH3]. The molecule has 0 radical (unpaired) electrons. The first-order valence-corrected chi connectivity index (χ1v) is 8.05. The van der Waals surface area contributed by atoms with Gasteiger partial charge in [0.1, 0.15) is 10.5 Å². The first-order chi connectivity index (χ1) is 8.03. The van der Waals surface area contributed by atoms with Crippen LogP contribution in [0, 0.1) is 11.8 Å². The van der Waals surface area contributed by atoms with Crippen molar-refractivity contribution in [3.05, 3.63) is 0 Å². The first-order valence-electron chi connectivity index (χ1n) is 7.23. The molecule has 1 saturated heterocycles. The summed E-state index contributed by atoms with van der Waals surface area (Å²) in [5, 5.41) is 0. The standard InChI is InChI=1S/C14H28O2Si/c1-10(14(2,3)16-17)5-4-6-11-7-8-12-13(9-11)15-12/h10-13H,4-9H2,1-3,17H3. The van der Waals surface area contributed by atoms with Crippen LogP contribution in [0.25, 0.3) is 0 Å². The molecule has 0 N–H and O–H groups in total. The second-order valence-electron chi connectivity index (χ2n) is 6.53. The van der Waals surface area contributed by atoms with E-state index in [1.807, 2.05) is 0 Å². The van der Waals surface area contributed by atoms with Crippen LogP contribution < -0.4 is 0 Å². The minimum absolute atomic E-state index is 0.0868. The summed E-state index contributed by atoms with van der Waals surface area (Å²) < 4.78 is 11.3. The van der Waals surface area contributed by atoms with E-state index in [4.69, 9.17) is 9.16 Å². The smallest absolute Gasteiger partial charge is 0.146 e. The highest BCUT2D eigenvalue weighted by atomic mass is 28.2. The lowest BCUT2D eigenvalue weighted by molar-refractivity contribution is 0.0554. The second kappa shape index (κ2) is 5.41. The molecule has 2 rings (SSSR count). The Bertz CT molecular complexity index is 255. The summed E-state index contributed by atoms with van der Waals surface area (Å²) in [7, 11) is 0.847. The van der Waals surface area contributed by atoms with Crippen LogP contribution in [0.4, 0.5) is 0 Å². The molecule has 1 aliphatic carbocycles. The maximum atomic E-state index is 5.68. The number of fused-ring (bicyclic) bond motifs is 1. The summed E-state index contributed by atoms with van der Waals surface area (Å²) in [6, 6.07) is 0. The largest absolute Gasteiger partial charge is 0.423 e. The average molecular weight is 256 g/mol. The maximum Gasteiger partial charge on any atom is 0.146 e. The number of epoxide rings is 1. The fourth-order valence-electron chi connectivity index (χ4n) is 3.01. The molecular formula is C14H28O2Si. The summed E-state index contributed by atoms with van der Waals surface area (Å²) in [4.78, 5) is 0. The third kappa shape index (κ3) is 3.55. The zero-order valence-electron chi connectivity index (χ0n) is 11.9. The normalized spacial score (nSPS) is 34.4. The van der Waals surface area contributed by atoms with Gasteiger partial charge in [-0.2, -0.15) is 0 Å². The van der Waals surface area contributed by atoms with E-state index < -0.39 is 0 Å². The predicted octanol–water partition coefficient (Wildman–Crippen LogP) is 2.44. The van der Waals surface area contributed by atoms with Gasteiger partial charge in [0.25, 0.3) is 0 Å². The Labute approximate surface area is 109 Å². The van der Waals surface area contributed by atoms with Gasteiger partial charge in [-0.05, 0) is 51.4 Å². The predicted molar refractivity (Wildman–Crippen MR) is 74.1 cm³/mol. The van der Waals surface area contributed by atoms with E-state index in [9.17, 15) is 0 Å². The van der Waals surface area contributed by atoms with Gasteiger partial charge in [0.15, 0.2) is 0 Å². The molecule has 100 valence electrons. The van der Waals surface area contributed by atoms with Crippen molar-refractivity contribution in [3.8, 4) is 0 Å². The molecule has 17 heavy (non-hydrogen) atoms. The zero-order valence-corrected chi connectivity index (χ0v) is 13.9. The Morgan fingerprint density at radius 3 is 2.76 bits per heavy atom. The van der Waals surface area contributed by atoms with Crippen LogP contribution in [0.3, 0.4) is 0 Å². The van der Waals surface area contributed by atoms with Crippen LogP contribution in [0.5, 0.6) is 0 Å². The van der Waals surface area contributed by atoms with Gasteiger partial charge in [-0.15, -0.1) is 0 Å². The van der Waals surface area contributed by atoms with Crippen molar-refractivity contribution in [2.45, 2.75) is 77.1 Å². The molecule has 4 unspecified atom stereocenters. The van der Waals surface area contributed by atoms with Gasteiger partial charge < -0.3 is 9.16 Å². The summed E-state index contributed by atoms with van der Waals surface area (Å²) in [5.41, 5.74) is 0.0868. The fraction of sp³-hybridized carbons (Fsp3) is 1.00. The van der Waals surface area contributed by atoms with Gasteiger partial charge in [-0.1, -0.05) is 19.8 Å². The second-order valence-corrected chi connectivity index (χ2v) is 6.94. The van der Waals surface area contributed by atoms with Crippen molar-refractivity contribution < 1.29 is 9.16 Å². The third-order valence-corrected chi connectivity index (χ3v) is 6.13. The van der Waals surface area contributed by atoms with Crippen molar-refractivity contribution in [1.82, 2.24) is 0 Å². The van der Waals surface area contributed by atoms with E-state index in [-0.39, 0.29) is 5.60 Å². The minimum Gasteiger partial charge on any atom is -0.423 e. The van der Waals surface area contributed by atoms with E-state index in [0.717, 1.165) is 16.4 Å². The van der Waals surface area contributed by atoms with Crippen molar-refractivity contribution in [2.75, 3.05) is 0 Å². The fourth-order valence-corrected chi connectivity index (χ4v) is 3.41. The minimum atomic E-state index is 0.0868. The summed E-state index contributed by atoms with van der Waals surface area (Å²) >= 11 is 0. The van der Waals surface area contributed by atoms with Crippen molar-refractivity contribution in [3.63, 3.8) is 0 Å². The number of hydrogen-bond acceptors (Lipinski definition) is 2. The molecule has 3 heteroatoms. The van der Waals surface area contributed by atoms with Gasteiger partial charge in [-0.3, -0.25) is 0 Å². The molecule has 2 aliphatic rings. The molecule has 0 bridgehead atoms. The van der Waals surface area contributed by atoms with E-state index >= 15 is 0 Å². The van der Waals surface area contributed by atoms with Crippen molar-refractivity contribution in [1.29, 1.82) is 0 Å². The van der Waals surface area contributed by atoms with Crippen molar-refractivity contribution >= 4 is 10.5 Å². The molecule has 0 spiro atoms. The monoisotopic (exact) mass is 256 g/mol. The van der Waals surface area contributed by atoms with Crippen LogP contribution in [0.2, 0.25) is 0 Å². The molecular weight excluding hydrogens is 228 g/mol. The lowest BCUT2D eigenvalue weighted by Crippen LogP contribution is -2.32. The molecule has 0 aromatic heterocycles. The Kier molecular flexibility index (Phi) is 4.32. The highest BCUT2D eigenvalue weighted by Gasteiger charge is 2.43.